The summed E-state index contributed by atoms with van der Waals surface area (Å²) in [5.74, 6) is 3.93. The molecule has 0 saturated carbocycles. The van der Waals surface area contributed by atoms with Crippen molar-refractivity contribution in [1.82, 2.24) is 20.2 Å². The van der Waals surface area contributed by atoms with Gasteiger partial charge in [-0.25, -0.2) is 4.68 Å². The van der Waals surface area contributed by atoms with E-state index < -0.39 is 17.3 Å². The van der Waals surface area contributed by atoms with E-state index in [0.717, 1.165) is 23.7 Å². The fourth-order valence-corrected chi connectivity index (χ4v) is 3.15. The molecule has 142 valence electrons. The molecule has 1 aromatic carbocycles. The lowest BCUT2D eigenvalue weighted by Gasteiger charge is -2.18. The van der Waals surface area contributed by atoms with Crippen molar-refractivity contribution < 1.29 is 18.0 Å². The molecule has 0 aliphatic heterocycles. The summed E-state index contributed by atoms with van der Waals surface area (Å²) < 4.78 is 38.4. The van der Waals surface area contributed by atoms with Gasteiger partial charge in [0.25, 0.3) is 5.82 Å². The van der Waals surface area contributed by atoms with Gasteiger partial charge in [-0.3, -0.25) is 4.79 Å². The van der Waals surface area contributed by atoms with Crippen molar-refractivity contribution in [3.63, 3.8) is 0 Å². The van der Waals surface area contributed by atoms with Crippen molar-refractivity contribution in [3.05, 3.63) is 41.7 Å². The number of benzene rings is 1. The van der Waals surface area contributed by atoms with E-state index in [1.165, 1.54) is 0 Å². The molecule has 0 aliphatic rings. The maximum atomic E-state index is 12.7. The molecule has 10 heteroatoms. The van der Waals surface area contributed by atoms with Crippen LogP contribution in [0.5, 0.6) is 0 Å². The predicted octanol–water partition coefficient (Wildman–Crippen LogP) is 2.80. The first-order chi connectivity index (χ1) is 12.2. The Morgan fingerprint density at radius 2 is 1.96 bits per heavy atom. The number of aromatic nitrogens is 3. The molecule has 0 saturated heterocycles. The first-order valence-electron chi connectivity index (χ1n) is 8.01. The number of carbonyl (C=O) groups excluding carboxylic acids is 1. The van der Waals surface area contributed by atoms with Gasteiger partial charge in [0, 0.05) is 12.5 Å². The number of nitrogens with zero attached hydrogens (tertiary/aromatic N) is 3. The number of nitrogens with one attached hydrogen (secondary N) is 1. The number of thioether (sulfide) groups is 1. The van der Waals surface area contributed by atoms with Crippen LogP contribution in [0.1, 0.15) is 37.6 Å². The zero-order valence-electron chi connectivity index (χ0n) is 14.3. The first kappa shape index (κ1) is 20.1. The van der Waals surface area contributed by atoms with Crippen molar-refractivity contribution in [2.24, 2.45) is 0 Å². The second-order valence-corrected chi connectivity index (χ2v) is 7.00. The quantitative estimate of drug-likeness (QED) is 0.564. The van der Waals surface area contributed by atoms with E-state index in [2.05, 4.69) is 15.5 Å². The molecule has 0 fully saturated rings. The van der Waals surface area contributed by atoms with Gasteiger partial charge in [0.2, 0.25) is 11.1 Å². The van der Waals surface area contributed by atoms with Crippen LogP contribution in [0.2, 0.25) is 0 Å². The van der Waals surface area contributed by atoms with Crippen molar-refractivity contribution >= 4 is 17.7 Å². The largest absolute Gasteiger partial charge is 0.453 e. The molecular formula is C16H20F3N5OS. The topological polar surface area (TPSA) is 85.8 Å². The van der Waals surface area contributed by atoms with Crippen LogP contribution in [-0.4, -0.2) is 32.6 Å². The third-order valence-corrected chi connectivity index (χ3v) is 4.91. The Labute approximate surface area is 153 Å². The van der Waals surface area contributed by atoms with Gasteiger partial charge in [-0.2, -0.15) is 13.2 Å². The van der Waals surface area contributed by atoms with Crippen LogP contribution in [0.4, 0.5) is 13.2 Å². The number of halogens is 3. The molecule has 1 aromatic heterocycles. The standard InChI is InChI=1S/C16H20F3N5OS/c1-3-11(12-7-5-4-6-8-12)9-21-13(25)10(2)26-15-23-22-14(24(15)20)16(17,18)19/h4-8,10-11H,3,9,20H2,1-2H3,(H,21,25)/t10-,11-/m0/s1. The van der Waals surface area contributed by atoms with Crippen LogP contribution in [0, 0.1) is 0 Å². The Morgan fingerprint density at radius 1 is 1.31 bits per heavy atom. The lowest BCUT2D eigenvalue weighted by atomic mass is 9.96. The monoisotopic (exact) mass is 387 g/mol. The van der Waals surface area contributed by atoms with E-state index in [9.17, 15) is 18.0 Å². The van der Waals surface area contributed by atoms with Crippen LogP contribution in [0.25, 0.3) is 0 Å². The third-order valence-electron chi connectivity index (χ3n) is 3.86. The molecule has 1 heterocycles. The molecule has 26 heavy (non-hydrogen) atoms. The van der Waals surface area contributed by atoms with E-state index in [-0.39, 0.29) is 17.0 Å². The Bertz CT molecular complexity index is 735. The van der Waals surface area contributed by atoms with E-state index in [1.807, 2.05) is 37.3 Å². The van der Waals surface area contributed by atoms with Crippen molar-refractivity contribution in [1.29, 1.82) is 0 Å². The molecule has 2 atom stereocenters. The number of hydrogen-bond acceptors (Lipinski definition) is 5. The van der Waals surface area contributed by atoms with Crippen LogP contribution in [0.15, 0.2) is 35.5 Å². The lowest BCUT2D eigenvalue weighted by molar-refractivity contribution is -0.146. The molecule has 0 bridgehead atoms. The molecule has 3 N–H and O–H groups in total. The van der Waals surface area contributed by atoms with Crippen LogP contribution < -0.4 is 11.2 Å². The van der Waals surface area contributed by atoms with Crippen LogP contribution >= 0.6 is 11.8 Å². The number of alkyl halides is 3. The van der Waals surface area contributed by atoms with Gasteiger partial charge >= 0.3 is 6.18 Å². The summed E-state index contributed by atoms with van der Waals surface area (Å²) in [6.07, 6.45) is -3.85. The van der Waals surface area contributed by atoms with Crippen molar-refractivity contribution in [3.8, 4) is 0 Å². The minimum Gasteiger partial charge on any atom is -0.355 e. The molecule has 0 aliphatic carbocycles. The van der Waals surface area contributed by atoms with Gasteiger partial charge in [0.15, 0.2) is 0 Å². The Morgan fingerprint density at radius 3 is 2.50 bits per heavy atom. The summed E-state index contributed by atoms with van der Waals surface area (Å²) in [6.45, 7) is 4.04. The second-order valence-electron chi connectivity index (χ2n) is 5.70. The molecule has 2 aromatic rings. The SMILES string of the molecule is CC[C@@H](CNC(=O)[C@H](C)Sc1nnc(C(F)(F)F)n1N)c1ccccc1. The summed E-state index contributed by atoms with van der Waals surface area (Å²) in [5.41, 5.74) is 1.12. The van der Waals surface area contributed by atoms with Gasteiger partial charge in [-0.15, -0.1) is 10.2 Å². The fourth-order valence-electron chi connectivity index (χ4n) is 2.35. The summed E-state index contributed by atoms with van der Waals surface area (Å²) in [4.78, 5) is 12.3. The summed E-state index contributed by atoms with van der Waals surface area (Å²) >= 11 is 0.823. The average molecular weight is 387 g/mol. The highest BCUT2D eigenvalue weighted by molar-refractivity contribution is 8.00. The van der Waals surface area contributed by atoms with Crippen LogP contribution in [0.3, 0.4) is 0 Å². The first-order valence-corrected chi connectivity index (χ1v) is 8.89. The molecular weight excluding hydrogens is 367 g/mol. The van der Waals surface area contributed by atoms with Gasteiger partial charge in [0.1, 0.15) is 0 Å². The lowest BCUT2D eigenvalue weighted by Crippen LogP contribution is -2.34. The molecule has 2 rings (SSSR count). The number of amides is 1. The number of hydrogen-bond donors (Lipinski definition) is 2. The summed E-state index contributed by atoms with van der Waals surface area (Å²) in [7, 11) is 0. The van der Waals surface area contributed by atoms with Gasteiger partial charge in [-0.05, 0) is 18.9 Å². The van der Waals surface area contributed by atoms with E-state index in [4.69, 9.17) is 5.84 Å². The zero-order chi connectivity index (χ0) is 19.3. The average Bonchev–Trinajstić information content (AvgIpc) is 2.97. The highest BCUT2D eigenvalue weighted by atomic mass is 32.2. The number of nitrogen functional groups attached to an aromatic ring is 1. The molecule has 0 radical (unpaired) electrons. The number of rotatable bonds is 7. The van der Waals surface area contributed by atoms with Gasteiger partial charge in [-0.1, -0.05) is 49.0 Å². The number of nitrogens with two attached hydrogens (primary N) is 1. The predicted molar refractivity (Wildman–Crippen MR) is 93.0 cm³/mol. The minimum atomic E-state index is -4.70. The smallest absolute Gasteiger partial charge is 0.355 e. The highest BCUT2D eigenvalue weighted by Crippen LogP contribution is 2.30. The maximum Gasteiger partial charge on any atom is 0.453 e. The van der Waals surface area contributed by atoms with Gasteiger partial charge in [0.05, 0.1) is 5.25 Å². The normalized spacial score (nSPS) is 14.0. The molecule has 6 nitrogen and oxygen atoms in total. The van der Waals surface area contributed by atoms with Gasteiger partial charge < -0.3 is 11.2 Å². The van der Waals surface area contributed by atoms with E-state index >= 15 is 0 Å². The Balaban J connectivity index is 1.95. The van der Waals surface area contributed by atoms with Crippen molar-refractivity contribution in [2.45, 2.75) is 42.8 Å². The maximum absolute atomic E-state index is 12.7. The molecule has 1 amide bonds. The summed E-state index contributed by atoms with van der Waals surface area (Å²) in [6, 6.07) is 9.78. The highest BCUT2D eigenvalue weighted by Gasteiger charge is 2.38. The summed E-state index contributed by atoms with van der Waals surface area (Å²) in [5, 5.41) is 8.44. The van der Waals surface area contributed by atoms with E-state index in [0.29, 0.717) is 11.2 Å². The zero-order valence-corrected chi connectivity index (χ0v) is 15.1. The third kappa shape index (κ3) is 4.90. The Kier molecular flexibility index (Phi) is 6.52. The number of carbonyl (C=O) groups is 1. The van der Waals surface area contributed by atoms with E-state index in [1.54, 1.807) is 6.92 Å². The van der Waals surface area contributed by atoms with Crippen LogP contribution in [-0.2, 0) is 11.0 Å². The molecule has 0 unspecified atom stereocenters. The fraction of sp³-hybridized carbons (Fsp3) is 0.438. The Hall–Kier alpha value is -2.23. The second kappa shape index (κ2) is 8.43. The molecule has 0 spiro atoms. The van der Waals surface area contributed by atoms with Crippen molar-refractivity contribution in [2.75, 3.05) is 12.4 Å². The minimum absolute atomic E-state index is 0.160.